The zero-order valence-corrected chi connectivity index (χ0v) is 33.4. The van der Waals surface area contributed by atoms with Gasteiger partial charge in [0, 0.05) is 50.9 Å². The number of amides is 3. The van der Waals surface area contributed by atoms with Crippen LogP contribution in [0, 0.1) is 12.3 Å². The minimum absolute atomic E-state index is 0.0256. The minimum atomic E-state index is -0.581. The van der Waals surface area contributed by atoms with Crippen LogP contribution in [0.5, 0.6) is 0 Å². The number of nitrogens with one attached hydrogen (secondary N) is 3. The molecule has 10 nitrogen and oxygen atoms in total. The van der Waals surface area contributed by atoms with Crippen molar-refractivity contribution in [2.45, 2.75) is 105 Å². The summed E-state index contributed by atoms with van der Waals surface area (Å²) in [5.41, 5.74) is 6.17. The van der Waals surface area contributed by atoms with E-state index >= 15 is 0 Å². The predicted octanol–water partition coefficient (Wildman–Crippen LogP) is 6.92. The van der Waals surface area contributed by atoms with Crippen molar-refractivity contribution >= 4 is 30.5 Å². The number of fused-ring (bicyclic) bond motifs is 1. The van der Waals surface area contributed by atoms with E-state index in [9.17, 15) is 19.2 Å². The summed E-state index contributed by atoms with van der Waals surface area (Å²) in [6.45, 7) is 15.8. The molecule has 0 saturated carbocycles. The monoisotopic (exact) mass is 742 g/mol. The maximum absolute atomic E-state index is 13.0. The number of benzene rings is 3. The molecule has 3 atom stereocenters. The van der Waals surface area contributed by atoms with Crippen LogP contribution in [-0.4, -0.2) is 74.2 Å². The van der Waals surface area contributed by atoms with E-state index in [1.165, 1.54) is 23.6 Å². The molecule has 294 valence electrons. The summed E-state index contributed by atoms with van der Waals surface area (Å²) in [6.07, 6.45) is 2.71. The zero-order valence-electron chi connectivity index (χ0n) is 33.4. The van der Waals surface area contributed by atoms with Crippen molar-refractivity contribution in [3.05, 3.63) is 107 Å². The number of carbonyl (C=O) groups is 5. The highest BCUT2D eigenvalue weighted by Gasteiger charge is 2.34. The third-order valence-electron chi connectivity index (χ3n) is 9.10. The zero-order chi connectivity index (χ0) is 40.1. The molecular weight excluding hydrogens is 681 g/mol. The van der Waals surface area contributed by atoms with Gasteiger partial charge in [0.2, 0.25) is 11.8 Å². The Morgan fingerprint density at radius 2 is 1.52 bits per heavy atom. The number of hydrogen-bond acceptors (Lipinski definition) is 7. The van der Waals surface area contributed by atoms with Gasteiger partial charge in [0.25, 0.3) is 0 Å². The molecular formula is C44H62N4O6. The van der Waals surface area contributed by atoms with E-state index in [4.69, 9.17) is 9.53 Å². The molecule has 1 heterocycles. The molecule has 54 heavy (non-hydrogen) atoms. The third-order valence-corrected chi connectivity index (χ3v) is 9.10. The lowest BCUT2D eigenvalue weighted by Crippen LogP contribution is -2.52. The molecule has 0 bridgehead atoms. The molecule has 0 spiro atoms. The van der Waals surface area contributed by atoms with Crippen molar-refractivity contribution in [1.29, 1.82) is 0 Å². The highest BCUT2D eigenvalue weighted by Crippen LogP contribution is 2.27. The Labute approximate surface area is 322 Å². The Morgan fingerprint density at radius 3 is 2.15 bits per heavy atom. The second-order valence-corrected chi connectivity index (χ2v) is 15.1. The minimum Gasteiger partial charge on any atom is -0.449 e. The van der Waals surface area contributed by atoms with Gasteiger partial charge in [-0.25, -0.2) is 4.79 Å². The highest BCUT2D eigenvalue weighted by molar-refractivity contribution is 5.90. The average Bonchev–Trinajstić information content (AvgIpc) is 3.16. The summed E-state index contributed by atoms with van der Waals surface area (Å²) < 4.78 is 5.23. The lowest BCUT2D eigenvalue weighted by atomic mass is 9.88. The summed E-state index contributed by atoms with van der Waals surface area (Å²) in [5.74, 6) is 0.0473. The van der Waals surface area contributed by atoms with Crippen LogP contribution in [0.15, 0.2) is 78.9 Å². The van der Waals surface area contributed by atoms with Gasteiger partial charge in [-0.05, 0) is 80.3 Å². The Hall–Kier alpha value is -4.83. The number of ether oxygens (including phenoxy) is 1. The van der Waals surface area contributed by atoms with Gasteiger partial charge in [-0.15, -0.1) is 0 Å². The molecule has 0 fully saturated rings. The Balaban J connectivity index is 0.000000440. The first kappa shape index (κ1) is 45.3. The number of Topliss-reactive ketones (excluding diaryl/α,β-unsaturated/α-hetero) is 1. The molecule has 3 amide bonds. The first-order chi connectivity index (χ1) is 25.8. The molecule has 3 aromatic carbocycles. The van der Waals surface area contributed by atoms with Crippen LogP contribution < -0.4 is 16.0 Å². The van der Waals surface area contributed by atoms with Crippen molar-refractivity contribution in [3.8, 4) is 0 Å². The Morgan fingerprint density at radius 1 is 0.889 bits per heavy atom. The smallest absolute Gasteiger partial charge is 0.407 e. The SMILES string of the molecule is C=O.CC(=O)CCC(=O)N1Cc2ccccc2C[C@H]1C(=O)NCCCCC(C)NC(=O)OCC(C)(C)C.CNCC(c1ccccc1)c1ccccc1C. The first-order valence-electron chi connectivity index (χ1n) is 18.9. The number of carbonyl (C=O) groups excluding carboxylic acids is 5. The molecule has 0 radical (unpaired) electrons. The van der Waals surface area contributed by atoms with Gasteiger partial charge in [0.05, 0.1) is 6.61 Å². The van der Waals surface area contributed by atoms with Crippen molar-refractivity contribution in [2.24, 2.45) is 5.41 Å². The van der Waals surface area contributed by atoms with Crippen LogP contribution in [0.25, 0.3) is 0 Å². The van der Waals surface area contributed by atoms with E-state index in [2.05, 4.69) is 77.5 Å². The number of nitrogens with zero attached hydrogens (tertiary/aromatic N) is 1. The summed E-state index contributed by atoms with van der Waals surface area (Å²) in [4.78, 5) is 58.7. The van der Waals surface area contributed by atoms with Crippen molar-refractivity contribution in [1.82, 2.24) is 20.9 Å². The summed E-state index contributed by atoms with van der Waals surface area (Å²) in [6, 6.07) is 26.5. The number of rotatable bonds is 15. The van der Waals surface area contributed by atoms with Gasteiger partial charge in [0.1, 0.15) is 18.6 Å². The first-order valence-corrected chi connectivity index (χ1v) is 18.9. The lowest BCUT2D eigenvalue weighted by molar-refractivity contribution is -0.142. The molecule has 0 saturated heterocycles. The fourth-order valence-electron chi connectivity index (χ4n) is 6.22. The van der Waals surface area contributed by atoms with Crippen molar-refractivity contribution < 1.29 is 28.7 Å². The molecule has 0 aliphatic carbocycles. The van der Waals surface area contributed by atoms with Crippen LogP contribution >= 0.6 is 0 Å². The number of likely N-dealkylation sites (N-methyl/N-ethyl adjacent to an activating group) is 1. The molecule has 3 aromatic rings. The quantitative estimate of drug-likeness (QED) is 0.144. The summed E-state index contributed by atoms with van der Waals surface area (Å²) in [5, 5.41) is 9.10. The molecule has 1 aliphatic heterocycles. The van der Waals surface area contributed by atoms with E-state index in [0.717, 1.165) is 36.9 Å². The van der Waals surface area contributed by atoms with E-state index in [0.29, 0.717) is 32.0 Å². The van der Waals surface area contributed by atoms with Gasteiger partial charge in [-0.1, -0.05) is 99.6 Å². The van der Waals surface area contributed by atoms with Gasteiger partial charge >= 0.3 is 6.09 Å². The van der Waals surface area contributed by atoms with Crippen LogP contribution in [0.1, 0.15) is 100 Å². The second kappa shape index (κ2) is 23.8. The number of aryl methyl sites for hydroxylation is 1. The number of alkyl carbamates (subject to hydrolysis) is 1. The van der Waals surface area contributed by atoms with Gasteiger partial charge in [0.15, 0.2) is 0 Å². The predicted molar refractivity (Wildman–Crippen MR) is 215 cm³/mol. The Kier molecular flexibility index (Phi) is 19.9. The van der Waals surface area contributed by atoms with Crippen LogP contribution in [-0.2, 0) is 36.9 Å². The number of unbranched alkanes of at least 4 members (excludes halogenated alkanes) is 1. The second-order valence-electron chi connectivity index (χ2n) is 15.1. The van der Waals surface area contributed by atoms with E-state index < -0.39 is 12.1 Å². The molecule has 0 aromatic heterocycles. The standard InChI is InChI=1S/C27H41N3O5.C16H19N.CH2O/c1-19(29-26(34)35-18-27(3,4)5)10-8-9-15-28-25(33)23-16-21-11-6-7-12-22(21)17-30(23)24(32)14-13-20(2)31;1-13-8-6-7-11-15(13)16(12-17-2)14-9-4-3-5-10-14;1-2/h6-7,11-12,19,23H,8-10,13-18H2,1-5H3,(H,28,33)(H,29,34);3-11,16-17H,12H2,1-2H3;1H2/t19?,23-;;/m0../s1. The maximum Gasteiger partial charge on any atom is 0.407 e. The van der Waals surface area contributed by atoms with E-state index in [-0.39, 0.29) is 41.9 Å². The summed E-state index contributed by atoms with van der Waals surface area (Å²) >= 11 is 0. The highest BCUT2D eigenvalue weighted by atomic mass is 16.5. The molecule has 4 rings (SSSR count). The Bertz CT molecular complexity index is 1610. The van der Waals surface area contributed by atoms with Crippen LogP contribution in [0.3, 0.4) is 0 Å². The van der Waals surface area contributed by atoms with E-state index in [1.807, 2.05) is 65.8 Å². The molecule has 1 aliphatic rings. The molecule has 3 N–H and O–H groups in total. The number of hydrogen-bond donors (Lipinski definition) is 3. The van der Waals surface area contributed by atoms with E-state index in [1.54, 1.807) is 4.90 Å². The largest absolute Gasteiger partial charge is 0.449 e. The maximum atomic E-state index is 13.0. The third kappa shape index (κ3) is 16.0. The van der Waals surface area contributed by atoms with Crippen LogP contribution in [0.2, 0.25) is 0 Å². The van der Waals surface area contributed by atoms with Crippen molar-refractivity contribution in [3.63, 3.8) is 0 Å². The van der Waals surface area contributed by atoms with Crippen molar-refractivity contribution in [2.75, 3.05) is 26.7 Å². The normalized spacial score (nSPS) is 14.4. The fraction of sp³-hybridized carbons (Fsp3) is 0.477. The fourth-order valence-corrected chi connectivity index (χ4v) is 6.22. The number of ketones is 1. The van der Waals surface area contributed by atoms with Gasteiger partial charge < -0.3 is 35.2 Å². The molecule has 10 heteroatoms. The lowest BCUT2D eigenvalue weighted by Gasteiger charge is -2.36. The van der Waals surface area contributed by atoms with Crippen LogP contribution in [0.4, 0.5) is 4.79 Å². The topological polar surface area (TPSA) is 134 Å². The summed E-state index contributed by atoms with van der Waals surface area (Å²) in [7, 11) is 2.01. The average molecular weight is 743 g/mol. The molecule has 2 unspecified atom stereocenters. The van der Waals surface area contributed by atoms with Gasteiger partial charge in [-0.2, -0.15) is 0 Å². The van der Waals surface area contributed by atoms with Gasteiger partial charge in [-0.3, -0.25) is 9.59 Å².